The number of carbonyl (C=O) groups is 1. The van der Waals surface area contributed by atoms with Crippen LogP contribution in [0.4, 0.5) is 42.6 Å². The molecule has 37 heavy (non-hydrogen) atoms. The smallest absolute Gasteiger partial charge is 0.416 e. The molecular formula is C24H21F6N5O2. The third kappa shape index (κ3) is 6.22. The fourth-order valence-electron chi connectivity index (χ4n) is 3.78. The second-order valence-electron chi connectivity index (χ2n) is 8.20. The number of rotatable bonds is 4. The number of hydrogen-bond donors (Lipinski definition) is 1. The molecule has 0 unspecified atom stereocenters. The summed E-state index contributed by atoms with van der Waals surface area (Å²) in [6.45, 7) is 1.05. The minimum Gasteiger partial charge on any atom is -0.497 e. The van der Waals surface area contributed by atoms with E-state index in [1.807, 2.05) is 17.0 Å². The summed E-state index contributed by atoms with van der Waals surface area (Å²) >= 11 is 0. The number of alkyl halides is 6. The van der Waals surface area contributed by atoms with E-state index < -0.39 is 35.2 Å². The Labute approximate surface area is 207 Å². The summed E-state index contributed by atoms with van der Waals surface area (Å²) in [4.78, 5) is 15.8. The first-order valence-electron chi connectivity index (χ1n) is 11.0. The second-order valence-corrected chi connectivity index (χ2v) is 8.20. The van der Waals surface area contributed by atoms with E-state index in [4.69, 9.17) is 4.74 Å². The average molecular weight is 525 g/mol. The van der Waals surface area contributed by atoms with Crippen molar-refractivity contribution >= 4 is 17.5 Å². The number of aromatic nitrogens is 2. The Hall–Kier alpha value is -4.03. The van der Waals surface area contributed by atoms with Crippen molar-refractivity contribution in [2.75, 3.05) is 43.5 Å². The lowest BCUT2D eigenvalue weighted by Gasteiger charge is -2.35. The summed E-state index contributed by atoms with van der Waals surface area (Å²) in [6, 6.07) is 11.1. The molecule has 2 amide bonds. The molecular weight excluding hydrogens is 504 g/mol. The van der Waals surface area contributed by atoms with E-state index in [2.05, 4.69) is 15.5 Å². The van der Waals surface area contributed by atoms with Gasteiger partial charge in [0.2, 0.25) is 0 Å². The molecule has 0 spiro atoms. The van der Waals surface area contributed by atoms with Crippen LogP contribution in [0.2, 0.25) is 0 Å². The van der Waals surface area contributed by atoms with Gasteiger partial charge >= 0.3 is 18.4 Å². The fraction of sp³-hybridized carbons (Fsp3) is 0.292. The maximum Gasteiger partial charge on any atom is 0.416 e. The lowest BCUT2D eigenvalue weighted by Crippen LogP contribution is -2.50. The third-order valence-corrected chi connectivity index (χ3v) is 5.77. The van der Waals surface area contributed by atoms with Gasteiger partial charge in [0.05, 0.1) is 23.9 Å². The maximum atomic E-state index is 13.1. The van der Waals surface area contributed by atoms with Gasteiger partial charge in [-0.25, -0.2) is 4.79 Å². The van der Waals surface area contributed by atoms with Crippen molar-refractivity contribution < 1.29 is 35.9 Å². The summed E-state index contributed by atoms with van der Waals surface area (Å²) in [7, 11) is 1.57. The Bertz CT molecular complexity index is 1210. The molecule has 1 aliphatic rings. The number of halogens is 6. The van der Waals surface area contributed by atoms with E-state index >= 15 is 0 Å². The first kappa shape index (κ1) is 26.0. The van der Waals surface area contributed by atoms with Crippen molar-refractivity contribution in [2.45, 2.75) is 12.4 Å². The van der Waals surface area contributed by atoms with Crippen molar-refractivity contribution in [3.63, 3.8) is 0 Å². The highest BCUT2D eigenvalue weighted by Gasteiger charge is 2.37. The average Bonchev–Trinajstić information content (AvgIpc) is 2.88. The fourth-order valence-corrected chi connectivity index (χ4v) is 3.78. The minimum atomic E-state index is -5.00. The molecule has 196 valence electrons. The SMILES string of the molecule is COc1ccc(-c2ccc(N3CCN(C(=O)Nc4cc(C(F)(F)F)cc(C(F)(F)F)c4)CC3)nn2)cc1. The molecule has 1 N–H and O–H groups in total. The van der Waals surface area contributed by atoms with Gasteiger partial charge in [-0.15, -0.1) is 10.2 Å². The zero-order valence-corrected chi connectivity index (χ0v) is 19.4. The topological polar surface area (TPSA) is 70.6 Å². The molecule has 13 heteroatoms. The van der Waals surface area contributed by atoms with Crippen LogP contribution >= 0.6 is 0 Å². The highest BCUT2D eigenvalue weighted by Crippen LogP contribution is 2.37. The van der Waals surface area contributed by atoms with Crippen molar-refractivity contribution in [2.24, 2.45) is 0 Å². The highest BCUT2D eigenvalue weighted by atomic mass is 19.4. The Morgan fingerprint density at radius 1 is 0.838 bits per heavy atom. The van der Waals surface area contributed by atoms with Crippen molar-refractivity contribution in [1.29, 1.82) is 0 Å². The van der Waals surface area contributed by atoms with E-state index in [9.17, 15) is 31.1 Å². The highest BCUT2D eigenvalue weighted by molar-refractivity contribution is 5.89. The lowest BCUT2D eigenvalue weighted by molar-refractivity contribution is -0.143. The van der Waals surface area contributed by atoms with Gasteiger partial charge in [-0.05, 0) is 54.6 Å². The zero-order valence-electron chi connectivity index (χ0n) is 19.4. The minimum absolute atomic E-state index is 0.00930. The second kappa shape index (κ2) is 10.1. The molecule has 7 nitrogen and oxygen atoms in total. The summed E-state index contributed by atoms with van der Waals surface area (Å²) < 4.78 is 83.6. The molecule has 4 rings (SSSR count). The zero-order chi connectivity index (χ0) is 26.8. The lowest BCUT2D eigenvalue weighted by atomic mass is 10.1. The Morgan fingerprint density at radius 3 is 1.92 bits per heavy atom. The summed E-state index contributed by atoms with van der Waals surface area (Å²) in [5, 5.41) is 10.6. The molecule has 2 aromatic carbocycles. The molecule has 2 heterocycles. The number of amides is 2. The van der Waals surface area contributed by atoms with Crippen LogP contribution < -0.4 is 15.0 Å². The van der Waals surface area contributed by atoms with Crippen LogP contribution in [0.5, 0.6) is 5.75 Å². The van der Waals surface area contributed by atoms with Gasteiger partial charge in [-0.2, -0.15) is 26.3 Å². The number of nitrogens with zero attached hydrogens (tertiary/aromatic N) is 4. The van der Waals surface area contributed by atoms with Gasteiger partial charge in [-0.3, -0.25) is 0 Å². The van der Waals surface area contributed by atoms with E-state index in [-0.39, 0.29) is 19.2 Å². The number of anilines is 2. The largest absolute Gasteiger partial charge is 0.497 e. The van der Waals surface area contributed by atoms with Crippen LogP contribution in [0, 0.1) is 0 Å². The Morgan fingerprint density at radius 2 is 1.43 bits per heavy atom. The molecule has 0 bridgehead atoms. The summed E-state index contributed by atoms with van der Waals surface area (Å²) in [6.07, 6.45) is -10.0. The normalized spacial score (nSPS) is 14.5. The molecule has 0 saturated carbocycles. The molecule has 3 aromatic rings. The monoisotopic (exact) mass is 525 g/mol. The number of benzene rings is 2. The molecule has 0 aliphatic carbocycles. The maximum absolute atomic E-state index is 13.1. The van der Waals surface area contributed by atoms with Crippen LogP contribution in [-0.2, 0) is 12.4 Å². The first-order chi connectivity index (χ1) is 17.4. The number of nitrogens with one attached hydrogen (secondary N) is 1. The van der Waals surface area contributed by atoms with E-state index in [0.717, 1.165) is 5.56 Å². The van der Waals surface area contributed by atoms with E-state index in [1.54, 1.807) is 31.4 Å². The van der Waals surface area contributed by atoms with Crippen LogP contribution in [0.15, 0.2) is 54.6 Å². The predicted molar refractivity (Wildman–Crippen MR) is 123 cm³/mol. The number of piperazine rings is 1. The van der Waals surface area contributed by atoms with Gasteiger partial charge in [-0.1, -0.05) is 0 Å². The van der Waals surface area contributed by atoms with Gasteiger partial charge < -0.3 is 19.9 Å². The number of methoxy groups -OCH3 is 1. The van der Waals surface area contributed by atoms with Crippen LogP contribution in [-0.4, -0.2) is 54.4 Å². The number of ether oxygens (including phenoxy) is 1. The number of hydrogen-bond acceptors (Lipinski definition) is 5. The van der Waals surface area contributed by atoms with Crippen LogP contribution in [0.3, 0.4) is 0 Å². The molecule has 0 radical (unpaired) electrons. The van der Waals surface area contributed by atoms with E-state index in [0.29, 0.717) is 42.5 Å². The van der Waals surface area contributed by atoms with Gasteiger partial charge in [0.25, 0.3) is 0 Å². The number of urea groups is 1. The summed E-state index contributed by atoms with van der Waals surface area (Å²) in [5.74, 6) is 1.29. The molecule has 1 saturated heterocycles. The third-order valence-electron chi connectivity index (χ3n) is 5.77. The standard InChI is InChI=1S/C24H21F6N5O2/c1-37-19-4-2-15(3-5-19)20-6-7-21(33-32-20)34-8-10-35(11-9-34)22(36)31-18-13-16(23(25,26)27)12-17(14-18)24(28,29)30/h2-7,12-14H,8-11H2,1H3,(H,31,36). The molecule has 0 atom stereocenters. The van der Waals surface area contributed by atoms with Crippen molar-refractivity contribution in [3.8, 4) is 17.0 Å². The predicted octanol–water partition coefficient (Wildman–Crippen LogP) is 5.54. The van der Waals surface area contributed by atoms with Crippen LogP contribution in [0.1, 0.15) is 11.1 Å². The van der Waals surface area contributed by atoms with Crippen molar-refractivity contribution in [3.05, 3.63) is 65.7 Å². The van der Waals surface area contributed by atoms with Crippen LogP contribution in [0.25, 0.3) is 11.3 Å². The summed E-state index contributed by atoms with van der Waals surface area (Å²) in [5.41, 5.74) is -2.08. The molecule has 1 fully saturated rings. The van der Waals surface area contributed by atoms with Gasteiger partial charge in [0.1, 0.15) is 5.75 Å². The van der Waals surface area contributed by atoms with Gasteiger partial charge in [0, 0.05) is 37.4 Å². The van der Waals surface area contributed by atoms with Crippen molar-refractivity contribution in [1.82, 2.24) is 15.1 Å². The van der Waals surface area contributed by atoms with Gasteiger partial charge in [0.15, 0.2) is 5.82 Å². The Kier molecular flexibility index (Phi) is 7.14. The Balaban J connectivity index is 1.38. The first-order valence-corrected chi connectivity index (χ1v) is 11.0. The van der Waals surface area contributed by atoms with E-state index in [1.165, 1.54) is 4.90 Å². The quantitative estimate of drug-likeness (QED) is 0.453. The molecule has 1 aromatic heterocycles. The number of carbonyl (C=O) groups excluding carboxylic acids is 1. The molecule has 1 aliphatic heterocycles.